The Morgan fingerprint density at radius 3 is 0.927 bits per heavy atom. The monoisotopic (exact) mass is 1580 g/mol. The zero-order chi connectivity index (χ0) is 81.0. The summed E-state index contributed by atoms with van der Waals surface area (Å²) in [7, 11) is 0. The quantitative estimate of drug-likeness (QED) is 0.0175. The minimum absolute atomic E-state index is 0.00221. The number of nitrogens with one attached hydrogen (secondary N) is 5. The summed E-state index contributed by atoms with van der Waals surface area (Å²) in [5, 5.41) is 12.9. The van der Waals surface area contributed by atoms with Gasteiger partial charge in [-0.1, -0.05) is 179 Å². The third-order valence-corrected chi connectivity index (χ3v) is 19.3. The molecule has 578 valence electrons. The summed E-state index contributed by atoms with van der Waals surface area (Å²) in [6.07, 6.45) is 2.13. The van der Waals surface area contributed by atoms with E-state index in [-0.39, 0.29) is 132 Å². The van der Waals surface area contributed by atoms with Crippen molar-refractivity contribution in [3.8, 4) is 0 Å². The Kier molecular flexibility index (Phi) is 43.1. The van der Waals surface area contributed by atoms with Gasteiger partial charge in [0.2, 0.25) is 39.8 Å². The fraction of sp³-hybridized carbons (Fsp3) is 0.278. The second-order valence-electron chi connectivity index (χ2n) is 24.2. The number of rotatable bonds is 32. The second kappa shape index (κ2) is 50.8. The van der Waals surface area contributed by atoms with E-state index in [0.29, 0.717) is 76.3 Å². The van der Waals surface area contributed by atoms with Crippen LogP contribution in [0, 0.1) is 25.7 Å². The second-order valence-corrected chi connectivity index (χ2v) is 29.5. The van der Waals surface area contributed by atoms with Crippen molar-refractivity contribution in [3.63, 3.8) is 0 Å². The van der Waals surface area contributed by atoms with Gasteiger partial charge in [0.15, 0.2) is 15.3 Å². The summed E-state index contributed by atoms with van der Waals surface area (Å²) in [6.45, 7) is 14.2. The van der Waals surface area contributed by atoms with Crippen LogP contribution in [0.3, 0.4) is 0 Å². The number of hydrogen-bond donors (Lipinski definition) is 10. The summed E-state index contributed by atoms with van der Waals surface area (Å²) < 4.78 is 0. The highest BCUT2D eigenvalue weighted by molar-refractivity contribution is 8.15. The van der Waals surface area contributed by atoms with Gasteiger partial charge in [-0.05, 0) is 122 Å². The number of carbonyl (C=O) groups excluding carboxylic acids is 15. The number of hydrogen-bond acceptors (Lipinski definition) is 20. The summed E-state index contributed by atoms with van der Waals surface area (Å²) in [6, 6.07) is 49.1. The van der Waals surface area contributed by atoms with Crippen molar-refractivity contribution in [3.05, 3.63) is 220 Å². The van der Waals surface area contributed by atoms with Gasteiger partial charge >= 0.3 is 0 Å². The van der Waals surface area contributed by atoms with Crippen LogP contribution in [0.15, 0.2) is 194 Å². The first-order chi connectivity index (χ1) is 51.8. The third-order valence-electron chi connectivity index (χ3n) is 14.1. The molecule has 109 heavy (non-hydrogen) atoms. The van der Waals surface area contributed by atoms with Crippen molar-refractivity contribution < 1.29 is 71.9 Å². The summed E-state index contributed by atoms with van der Waals surface area (Å²) in [5.74, 6) is -3.79. The number of carbonyl (C=O) groups is 15. The van der Waals surface area contributed by atoms with Crippen LogP contribution < -0.4 is 55.3 Å². The Balaban J connectivity index is 0.000000354. The van der Waals surface area contributed by atoms with Gasteiger partial charge in [0.1, 0.15) is 0 Å². The standard InChI is InChI=1S/2C18H18N2O3S.C15H20N2O3S.2C14H18N2O3S/c1-12-5-4-6-13(11-12)18(23)24-15-8-3-2-7-14(15)17(22)20-10-9-16(19)21;1-12-6-2-3-7-13(12)18(23)24-15-9-5-4-8-14(15)17(22)20-11-10-16(19)21;1-10(2)9-14(19)21-12-6-4-3-5-11(12)15(20)17-8-7-13(16)18;1-9(2)14(19)20-11-6-4-3-5-10(11)13(18)16-8-7-12(15)17;1-2-5-13(18)20-11-7-4-3-6-10(11)14(19)16-9-8-12(15)17/h2-8,11H,9-10H2,1H3,(H2,19,21)(H,20,22);2-9H,10-11H2,1H3,(H2,19,21)(H,20,22);3-6,10H,7-9H2,1-2H3,(H2,16,18)(H,17,20);3-6,9H,7-8H2,1-2H3,(H2,15,17)(H,16,18);3-4,6-7H,2,5,8-9H2,1H3,(H2,15,17)(H,16,19). The Hall–Kier alpha value is -10.7. The molecule has 25 nitrogen and oxygen atoms in total. The highest BCUT2D eigenvalue weighted by Gasteiger charge is 2.22. The first-order valence-corrected chi connectivity index (χ1v) is 38.4. The van der Waals surface area contributed by atoms with Crippen LogP contribution >= 0.6 is 58.8 Å². The molecule has 30 heteroatoms. The van der Waals surface area contributed by atoms with Crippen molar-refractivity contribution in [1.29, 1.82) is 0 Å². The van der Waals surface area contributed by atoms with E-state index in [0.717, 1.165) is 76.4 Å². The maximum absolute atomic E-state index is 12.5. The van der Waals surface area contributed by atoms with Crippen LogP contribution in [0.4, 0.5) is 0 Å². The van der Waals surface area contributed by atoms with E-state index in [1.54, 1.807) is 133 Å². The van der Waals surface area contributed by atoms with Crippen LogP contribution in [-0.4, -0.2) is 117 Å². The van der Waals surface area contributed by atoms with E-state index < -0.39 is 29.5 Å². The fourth-order valence-corrected chi connectivity index (χ4v) is 13.4. The van der Waals surface area contributed by atoms with Crippen LogP contribution in [0.5, 0.6) is 0 Å². The molecule has 0 atom stereocenters. The number of primary amides is 5. The van der Waals surface area contributed by atoms with Crippen molar-refractivity contribution >= 4 is 143 Å². The molecule has 0 saturated heterocycles. The molecular formula is C79H92N10O15S5. The Morgan fingerprint density at radius 1 is 0.330 bits per heavy atom. The molecule has 0 heterocycles. The molecule has 7 aromatic carbocycles. The van der Waals surface area contributed by atoms with E-state index >= 15 is 0 Å². The molecule has 0 aliphatic heterocycles. The van der Waals surface area contributed by atoms with Crippen LogP contribution in [0.1, 0.15) is 170 Å². The van der Waals surface area contributed by atoms with Crippen LogP contribution in [0.2, 0.25) is 0 Å². The van der Waals surface area contributed by atoms with Gasteiger partial charge in [-0.25, -0.2) is 0 Å². The normalized spacial score (nSPS) is 10.2. The molecule has 0 fully saturated rings. The molecule has 10 amide bonds. The average Bonchev–Trinajstić information content (AvgIpc) is 0.865. The topological polar surface area (TPSA) is 446 Å². The number of thioether (sulfide) groups is 5. The van der Waals surface area contributed by atoms with Crippen molar-refractivity contribution in [2.75, 3.05) is 32.7 Å². The summed E-state index contributed by atoms with van der Waals surface area (Å²) >= 11 is 5.22. The van der Waals surface area contributed by atoms with Crippen LogP contribution in [0.25, 0.3) is 0 Å². The van der Waals surface area contributed by atoms with Gasteiger partial charge in [-0.15, -0.1) is 0 Å². The number of amides is 10. The maximum atomic E-state index is 12.5. The molecule has 0 aliphatic rings. The number of nitrogens with two attached hydrogens (primary N) is 5. The molecular weight excluding hydrogens is 1490 g/mol. The molecule has 0 bridgehead atoms. The maximum Gasteiger partial charge on any atom is 0.252 e. The van der Waals surface area contributed by atoms with E-state index in [2.05, 4.69) is 26.6 Å². The first kappa shape index (κ1) is 92.5. The highest BCUT2D eigenvalue weighted by atomic mass is 32.2. The molecule has 0 unspecified atom stereocenters. The van der Waals surface area contributed by atoms with Gasteiger partial charge < -0.3 is 55.3 Å². The van der Waals surface area contributed by atoms with E-state index in [1.165, 1.54) is 0 Å². The van der Waals surface area contributed by atoms with Crippen LogP contribution in [-0.2, 0) is 38.4 Å². The summed E-state index contributed by atoms with van der Waals surface area (Å²) in [5.41, 5.74) is 30.3. The lowest BCUT2D eigenvalue weighted by Crippen LogP contribution is -2.28. The smallest absolute Gasteiger partial charge is 0.252 e. The van der Waals surface area contributed by atoms with Gasteiger partial charge in [0.25, 0.3) is 29.5 Å². The molecule has 15 N–H and O–H groups in total. The predicted molar refractivity (Wildman–Crippen MR) is 427 cm³/mol. The summed E-state index contributed by atoms with van der Waals surface area (Å²) in [4.78, 5) is 177. The molecule has 7 rings (SSSR count). The average molecular weight is 1580 g/mol. The van der Waals surface area contributed by atoms with Crippen molar-refractivity contribution in [2.24, 2.45) is 40.5 Å². The molecule has 0 saturated carbocycles. The zero-order valence-corrected chi connectivity index (χ0v) is 65.6. The molecule has 0 aromatic heterocycles. The lowest BCUT2D eigenvalue weighted by molar-refractivity contribution is -0.118. The molecule has 7 aromatic rings. The van der Waals surface area contributed by atoms with Gasteiger partial charge in [-0.3, -0.25) is 71.9 Å². The Morgan fingerprint density at radius 2 is 0.624 bits per heavy atom. The predicted octanol–water partition coefficient (Wildman–Crippen LogP) is 10.3. The third kappa shape index (κ3) is 37.1. The van der Waals surface area contributed by atoms with E-state index in [9.17, 15) is 71.9 Å². The van der Waals surface area contributed by atoms with Crippen molar-refractivity contribution in [2.45, 2.75) is 124 Å². The number of aryl methyl sites for hydroxylation is 2. The lowest BCUT2D eigenvalue weighted by atomic mass is 10.1. The first-order valence-electron chi connectivity index (χ1n) is 34.3. The van der Waals surface area contributed by atoms with E-state index in [4.69, 9.17) is 28.7 Å². The minimum atomic E-state index is -0.479. The lowest BCUT2D eigenvalue weighted by Gasteiger charge is -2.09. The largest absolute Gasteiger partial charge is 0.370 e. The minimum Gasteiger partial charge on any atom is -0.370 e. The van der Waals surface area contributed by atoms with E-state index in [1.807, 2.05) is 84.9 Å². The Bertz CT molecular complexity index is 4340. The van der Waals surface area contributed by atoms with Gasteiger partial charge in [-0.2, -0.15) is 0 Å². The molecule has 0 radical (unpaired) electrons. The SMILES string of the molecule is CC(C)C(=O)Sc1ccccc1C(=O)NCCC(N)=O.CC(C)CC(=O)Sc1ccccc1C(=O)NCCC(N)=O.CCCC(=O)Sc1ccccc1C(=O)NCCC(N)=O.Cc1cccc(C(=O)Sc2ccccc2C(=O)NCCC(N)=O)c1.Cc1ccccc1C(=O)Sc1ccccc1C(=O)NCCC(N)=O. The molecule has 0 aliphatic carbocycles. The number of benzene rings is 7. The highest BCUT2D eigenvalue weighted by Crippen LogP contribution is 2.31. The zero-order valence-electron chi connectivity index (χ0n) is 61.6. The van der Waals surface area contributed by atoms with Crippen molar-refractivity contribution in [1.82, 2.24) is 26.6 Å². The molecule has 0 spiro atoms. The Labute approximate surface area is 655 Å². The van der Waals surface area contributed by atoms with Gasteiger partial charge in [0, 0.05) is 119 Å². The fourth-order valence-electron chi connectivity index (χ4n) is 8.68. The van der Waals surface area contributed by atoms with Gasteiger partial charge in [0.05, 0.1) is 27.8 Å².